The maximum absolute atomic E-state index is 8.26. The summed E-state index contributed by atoms with van der Waals surface area (Å²) >= 11 is 6.87. The molecular formula is C6H3ClN2S. The van der Waals surface area contributed by atoms with Gasteiger partial charge in [0, 0.05) is 17.7 Å². The molecule has 0 aliphatic heterocycles. The maximum Gasteiger partial charge on any atom is 0.121 e. The maximum atomic E-state index is 8.26. The highest BCUT2D eigenvalue weighted by Crippen LogP contribution is 2.11. The van der Waals surface area contributed by atoms with Crippen LogP contribution in [0.1, 0.15) is 5.01 Å². The molecule has 4 heteroatoms. The van der Waals surface area contributed by atoms with E-state index in [2.05, 4.69) is 4.98 Å². The van der Waals surface area contributed by atoms with Gasteiger partial charge in [-0.15, -0.1) is 11.3 Å². The molecule has 0 aliphatic carbocycles. The normalized spacial score (nSPS) is 11.0. The Labute approximate surface area is 67.4 Å². The Morgan fingerprint density at radius 2 is 2.70 bits per heavy atom. The van der Waals surface area contributed by atoms with Crippen molar-refractivity contribution in [1.82, 2.24) is 4.98 Å². The molecule has 10 heavy (non-hydrogen) atoms. The van der Waals surface area contributed by atoms with Gasteiger partial charge < -0.3 is 0 Å². The molecule has 0 amide bonds. The largest absolute Gasteiger partial charge is 0.245 e. The number of rotatable bonds is 1. The molecule has 0 bridgehead atoms. The Morgan fingerprint density at radius 1 is 1.90 bits per heavy atom. The van der Waals surface area contributed by atoms with Gasteiger partial charge in [0.15, 0.2) is 0 Å². The summed E-state index contributed by atoms with van der Waals surface area (Å²) < 4.78 is 0. The zero-order valence-electron chi connectivity index (χ0n) is 4.91. The van der Waals surface area contributed by atoms with Crippen LogP contribution in [0.5, 0.6) is 0 Å². The average Bonchev–Trinajstić information content (AvgIpc) is 2.40. The first-order chi connectivity index (χ1) is 4.83. The number of nitriles is 1. The molecule has 0 N–H and O–H groups in total. The summed E-state index contributed by atoms with van der Waals surface area (Å²) in [5.41, 5.74) is 0. The van der Waals surface area contributed by atoms with Crippen molar-refractivity contribution in [3.63, 3.8) is 0 Å². The Kier molecular flexibility index (Phi) is 2.43. The third-order valence-electron chi connectivity index (χ3n) is 0.808. The number of thiazole rings is 1. The molecule has 1 heterocycles. The predicted octanol–water partition coefficient (Wildman–Crippen LogP) is 2.25. The fourth-order valence-corrected chi connectivity index (χ4v) is 1.18. The highest BCUT2D eigenvalue weighted by atomic mass is 35.5. The Hall–Kier alpha value is -0.850. The second kappa shape index (κ2) is 3.35. The summed E-state index contributed by atoms with van der Waals surface area (Å²) in [7, 11) is 0. The third kappa shape index (κ3) is 1.83. The van der Waals surface area contributed by atoms with Gasteiger partial charge in [-0.05, 0) is 0 Å². The van der Waals surface area contributed by atoms with E-state index in [4.69, 9.17) is 16.9 Å². The van der Waals surface area contributed by atoms with Gasteiger partial charge in [-0.1, -0.05) is 11.6 Å². The Morgan fingerprint density at radius 3 is 3.20 bits per heavy atom. The molecule has 1 aromatic heterocycles. The minimum Gasteiger partial charge on any atom is -0.245 e. The van der Waals surface area contributed by atoms with Gasteiger partial charge in [0.2, 0.25) is 0 Å². The molecule has 0 saturated carbocycles. The third-order valence-corrected chi connectivity index (χ3v) is 1.72. The lowest BCUT2D eigenvalue weighted by Gasteiger charge is -1.78. The van der Waals surface area contributed by atoms with Gasteiger partial charge in [0.1, 0.15) is 16.1 Å². The zero-order chi connectivity index (χ0) is 7.40. The van der Waals surface area contributed by atoms with Gasteiger partial charge in [-0.3, -0.25) is 0 Å². The first-order valence-electron chi connectivity index (χ1n) is 2.49. The molecule has 0 atom stereocenters. The van der Waals surface area contributed by atoms with Crippen molar-refractivity contribution < 1.29 is 0 Å². The fourth-order valence-electron chi connectivity index (χ4n) is 0.446. The van der Waals surface area contributed by atoms with Crippen LogP contribution in [-0.4, -0.2) is 4.98 Å². The van der Waals surface area contributed by atoms with Crippen LogP contribution in [0.25, 0.3) is 6.08 Å². The molecular weight excluding hydrogens is 168 g/mol. The summed E-state index contributed by atoms with van der Waals surface area (Å²) in [4.78, 5) is 3.91. The average molecular weight is 171 g/mol. The van der Waals surface area contributed by atoms with Crippen LogP contribution >= 0.6 is 22.9 Å². The molecule has 50 valence electrons. The molecule has 1 rings (SSSR count). The molecule has 0 fully saturated rings. The summed E-state index contributed by atoms with van der Waals surface area (Å²) in [5, 5.41) is 11.0. The molecule has 0 aliphatic rings. The molecule has 0 aromatic carbocycles. The lowest BCUT2D eigenvalue weighted by Crippen LogP contribution is -1.66. The van der Waals surface area contributed by atoms with Crippen molar-refractivity contribution in [2.75, 3.05) is 0 Å². The minimum atomic E-state index is 0.162. The van der Waals surface area contributed by atoms with E-state index >= 15 is 0 Å². The van der Waals surface area contributed by atoms with Crippen molar-refractivity contribution in [2.45, 2.75) is 0 Å². The van der Waals surface area contributed by atoms with Crippen LogP contribution in [0.3, 0.4) is 0 Å². The van der Waals surface area contributed by atoms with Crippen LogP contribution in [0, 0.1) is 11.3 Å². The summed E-state index contributed by atoms with van der Waals surface area (Å²) in [6, 6.07) is 1.80. The second-order valence-electron chi connectivity index (χ2n) is 1.47. The molecule has 0 unspecified atom stereocenters. The monoisotopic (exact) mass is 170 g/mol. The number of hydrogen-bond acceptors (Lipinski definition) is 3. The van der Waals surface area contributed by atoms with E-state index in [0.29, 0.717) is 0 Å². The van der Waals surface area contributed by atoms with Crippen molar-refractivity contribution in [3.05, 3.63) is 21.6 Å². The summed E-state index contributed by atoms with van der Waals surface area (Å²) in [6.07, 6.45) is 3.20. The van der Waals surface area contributed by atoms with Crippen LogP contribution in [0.4, 0.5) is 0 Å². The van der Waals surface area contributed by atoms with E-state index < -0.39 is 0 Å². The first-order valence-corrected chi connectivity index (χ1v) is 3.75. The van der Waals surface area contributed by atoms with E-state index in [-0.39, 0.29) is 5.03 Å². The topological polar surface area (TPSA) is 36.7 Å². The lowest BCUT2D eigenvalue weighted by atomic mass is 10.5. The number of halogens is 1. The van der Waals surface area contributed by atoms with Crippen LogP contribution in [0.2, 0.25) is 0 Å². The number of hydrogen-bond donors (Lipinski definition) is 0. The summed E-state index contributed by atoms with van der Waals surface area (Å²) in [6.45, 7) is 0. The molecule has 0 radical (unpaired) electrons. The number of nitrogens with zero attached hydrogens (tertiary/aromatic N) is 2. The van der Waals surface area contributed by atoms with Crippen molar-refractivity contribution in [3.8, 4) is 6.07 Å². The van der Waals surface area contributed by atoms with Gasteiger partial charge in [-0.25, -0.2) is 4.98 Å². The van der Waals surface area contributed by atoms with E-state index in [1.54, 1.807) is 12.3 Å². The molecule has 1 aromatic rings. The first kappa shape index (κ1) is 7.26. The zero-order valence-corrected chi connectivity index (χ0v) is 6.49. The van der Waals surface area contributed by atoms with Crippen LogP contribution in [-0.2, 0) is 0 Å². The quantitative estimate of drug-likeness (QED) is 0.607. The predicted molar refractivity (Wildman–Crippen MR) is 41.6 cm³/mol. The van der Waals surface area contributed by atoms with E-state index in [9.17, 15) is 0 Å². The SMILES string of the molecule is N#CC(Cl)=Cc1nccs1. The van der Waals surface area contributed by atoms with E-state index in [1.807, 2.05) is 5.38 Å². The van der Waals surface area contributed by atoms with E-state index in [1.165, 1.54) is 17.4 Å². The van der Waals surface area contributed by atoms with E-state index in [0.717, 1.165) is 5.01 Å². The lowest BCUT2D eigenvalue weighted by molar-refractivity contribution is 1.39. The van der Waals surface area contributed by atoms with Crippen molar-refractivity contribution in [2.24, 2.45) is 0 Å². The van der Waals surface area contributed by atoms with Crippen molar-refractivity contribution in [1.29, 1.82) is 5.26 Å². The second-order valence-corrected chi connectivity index (χ2v) is 2.81. The van der Waals surface area contributed by atoms with Gasteiger partial charge in [0.05, 0.1) is 0 Å². The highest BCUT2D eigenvalue weighted by Gasteiger charge is 1.91. The molecule has 2 nitrogen and oxygen atoms in total. The van der Waals surface area contributed by atoms with Gasteiger partial charge in [-0.2, -0.15) is 5.26 Å². The fraction of sp³-hybridized carbons (Fsp3) is 0. The smallest absolute Gasteiger partial charge is 0.121 e. The van der Waals surface area contributed by atoms with Crippen LogP contribution < -0.4 is 0 Å². The molecule has 0 saturated heterocycles. The Bertz CT molecular complexity index is 270. The minimum absolute atomic E-state index is 0.162. The number of aromatic nitrogens is 1. The number of allylic oxidation sites excluding steroid dienone is 1. The molecule has 0 spiro atoms. The van der Waals surface area contributed by atoms with Gasteiger partial charge >= 0.3 is 0 Å². The summed E-state index contributed by atoms with van der Waals surface area (Å²) in [5.74, 6) is 0. The van der Waals surface area contributed by atoms with Crippen LogP contribution in [0.15, 0.2) is 16.6 Å². The highest BCUT2D eigenvalue weighted by molar-refractivity contribution is 7.10. The van der Waals surface area contributed by atoms with Gasteiger partial charge in [0.25, 0.3) is 0 Å². The van der Waals surface area contributed by atoms with Crippen molar-refractivity contribution >= 4 is 29.0 Å². The standard InChI is InChI=1S/C6H3ClN2S/c7-5(4-8)3-6-9-1-2-10-6/h1-3H. The Balaban J connectivity index is 2.83.